The molecule has 7 nitrogen and oxygen atoms in total. The maximum absolute atomic E-state index is 10.7. The van der Waals surface area contributed by atoms with E-state index < -0.39 is 4.92 Å². The van der Waals surface area contributed by atoms with Crippen LogP contribution in [0.2, 0.25) is 0 Å². The Labute approximate surface area is 116 Å². The summed E-state index contributed by atoms with van der Waals surface area (Å²) < 4.78 is 1.82. The number of nitrogen functional groups attached to an aromatic ring is 1. The Hall–Kier alpha value is -2.44. The van der Waals surface area contributed by atoms with E-state index in [-0.39, 0.29) is 11.4 Å². The van der Waals surface area contributed by atoms with Gasteiger partial charge in [-0.25, -0.2) is 9.67 Å². The molecule has 1 aromatic heterocycles. The van der Waals surface area contributed by atoms with Gasteiger partial charge < -0.3 is 5.73 Å². The summed E-state index contributed by atoms with van der Waals surface area (Å²) in [6, 6.07) is 4.74. The Morgan fingerprint density at radius 1 is 1.35 bits per heavy atom. The van der Waals surface area contributed by atoms with Crippen molar-refractivity contribution in [2.45, 2.75) is 33.2 Å². The van der Waals surface area contributed by atoms with Crippen LogP contribution in [0.25, 0.3) is 0 Å². The predicted octanol–water partition coefficient (Wildman–Crippen LogP) is 1.94. The molecule has 0 aliphatic carbocycles. The van der Waals surface area contributed by atoms with Crippen LogP contribution in [0.5, 0.6) is 0 Å². The molecule has 0 unspecified atom stereocenters. The van der Waals surface area contributed by atoms with Crippen molar-refractivity contribution in [3.05, 3.63) is 45.5 Å². The highest BCUT2D eigenvalue weighted by Gasteiger charge is 2.13. The third-order valence-electron chi connectivity index (χ3n) is 3.05. The molecule has 1 heterocycles. The number of nitro groups is 1. The molecule has 7 heteroatoms. The van der Waals surface area contributed by atoms with Crippen LogP contribution >= 0.6 is 0 Å². The second-order valence-electron chi connectivity index (χ2n) is 4.46. The molecule has 0 aliphatic heterocycles. The van der Waals surface area contributed by atoms with E-state index in [0.29, 0.717) is 6.54 Å². The molecular weight excluding hydrogens is 258 g/mol. The van der Waals surface area contributed by atoms with Gasteiger partial charge in [0.2, 0.25) is 0 Å². The van der Waals surface area contributed by atoms with E-state index in [1.807, 2.05) is 18.5 Å². The minimum Gasteiger partial charge on any atom is -0.393 e. The number of rotatable bonds is 5. The number of aryl methyl sites for hydroxylation is 2. The van der Waals surface area contributed by atoms with Crippen LogP contribution in [0.4, 0.5) is 11.4 Å². The topological polar surface area (TPSA) is 99.9 Å². The Bertz CT molecular complexity index is 636. The Morgan fingerprint density at radius 2 is 2.10 bits per heavy atom. The quantitative estimate of drug-likeness (QED) is 0.510. The third kappa shape index (κ3) is 2.76. The number of benzene rings is 1. The van der Waals surface area contributed by atoms with Crippen molar-refractivity contribution in [1.82, 2.24) is 14.8 Å². The zero-order valence-electron chi connectivity index (χ0n) is 11.5. The van der Waals surface area contributed by atoms with Crippen LogP contribution < -0.4 is 5.73 Å². The van der Waals surface area contributed by atoms with E-state index in [1.54, 1.807) is 12.1 Å². The highest BCUT2D eigenvalue weighted by Crippen LogP contribution is 2.22. The molecule has 20 heavy (non-hydrogen) atoms. The molecule has 2 aromatic rings. The summed E-state index contributed by atoms with van der Waals surface area (Å²) in [5.74, 6) is 1.70. The molecule has 0 atom stereocenters. The summed E-state index contributed by atoms with van der Waals surface area (Å²) in [4.78, 5) is 14.7. The van der Waals surface area contributed by atoms with E-state index in [1.165, 1.54) is 6.07 Å². The normalized spacial score (nSPS) is 10.7. The molecule has 106 valence electrons. The smallest absolute Gasteiger partial charge is 0.292 e. The molecule has 0 radical (unpaired) electrons. The first-order valence-electron chi connectivity index (χ1n) is 6.50. The van der Waals surface area contributed by atoms with Crippen molar-refractivity contribution < 1.29 is 4.92 Å². The maximum Gasteiger partial charge on any atom is 0.292 e. The Kier molecular flexibility index (Phi) is 3.97. The molecule has 0 fully saturated rings. The molecule has 0 saturated heterocycles. The zero-order valence-corrected chi connectivity index (χ0v) is 11.5. The van der Waals surface area contributed by atoms with Gasteiger partial charge in [-0.3, -0.25) is 10.1 Å². The predicted molar refractivity (Wildman–Crippen MR) is 75.4 cm³/mol. The molecule has 0 aliphatic rings. The highest BCUT2D eigenvalue weighted by atomic mass is 16.6. The van der Waals surface area contributed by atoms with Crippen LogP contribution in [-0.2, 0) is 19.4 Å². The fraction of sp³-hybridized carbons (Fsp3) is 0.385. The lowest BCUT2D eigenvalue weighted by Crippen LogP contribution is -2.07. The van der Waals surface area contributed by atoms with E-state index >= 15 is 0 Å². The van der Waals surface area contributed by atoms with Gasteiger partial charge in [0.1, 0.15) is 11.5 Å². The van der Waals surface area contributed by atoms with E-state index in [4.69, 9.17) is 5.73 Å². The molecule has 0 bridgehead atoms. The van der Waals surface area contributed by atoms with Gasteiger partial charge in [0.25, 0.3) is 5.69 Å². The SMILES string of the molecule is CCc1nc(CC)n(Cc2ccc([N+](=O)[O-])c(N)c2)n1. The highest BCUT2D eigenvalue weighted by molar-refractivity contribution is 5.59. The molecular formula is C13H17N5O2. The number of hydrogen-bond acceptors (Lipinski definition) is 5. The molecule has 0 saturated carbocycles. The lowest BCUT2D eigenvalue weighted by atomic mass is 10.1. The van der Waals surface area contributed by atoms with Crippen LogP contribution in [0, 0.1) is 10.1 Å². The largest absolute Gasteiger partial charge is 0.393 e. The van der Waals surface area contributed by atoms with E-state index in [0.717, 1.165) is 30.1 Å². The summed E-state index contributed by atoms with van der Waals surface area (Å²) in [7, 11) is 0. The fourth-order valence-corrected chi connectivity index (χ4v) is 2.01. The second kappa shape index (κ2) is 5.68. The summed E-state index contributed by atoms with van der Waals surface area (Å²) in [6.07, 6.45) is 1.57. The van der Waals surface area contributed by atoms with Crippen LogP contribution in [0.1, 0.15) is 31.1 Å². The minimum absolute atomic E-state index is 0.0719. The first-order chi connectivity index (χ1) is 9.55. The number of nitro benzene ring substituents is 1. The monoisotopic (exact) mass is 275 g/mol. The fourth-order valence-electron chi connectivity index (χ4n) is 2.01. The maximum atomic E-state index is 10.7. The third-order valence-corrected chi connectivity index (χ3v) is 3.05. The summed E-state index contributed by atoms with van der Waals surface area (Å²) in [5.41, 5.74) is 6.66. The van der Waals surface area contributed by atoms with Gasteiger partial charge in [-0.1, -0.05) is 19.9 Å². The first-order valence-corrected chi connectivity index (χ1v) is 6.50. The summed E-state index contributed by atoms with van der Waals surface area (Å²) >= 11 is 0. The van der Waals surface area contributed by atoms with Gasteiger partial charge in [-0.05, 0) is 11.6 Å². The molecule has 0 spiro atoms. The lowest BCUT2D eigenvalue weighted by molar-refractivity contribution is -0.383. The van der Waals surface area contributed by atoms with Crippen molar-refractivity contribution in [1.29, 1.82) is 0 Å². The van der Waals surface area contributed by atoms with Gasteiger partial charge in [0.05, 0.1) is 11.5 Å². The van der Waals surface area contributed by atoms with E-state index in [2.05, 4.69) is 10.1 Å². The minimum atomic E-state index is -0.485. The van der Waals surface area contributed by atoms with Crippen molar-refractivity contribution in [3.63, 3.8) is 0 Å². The van der Waals surface area contributed by atoms with Gasteiger partial charge >= 0.3 is 0 Å². The number of nitrogens with two attached hydrogens (primary N) is 1. The zero-order chi connectivity index (χ0) is 14.7. The van der Waals surface area contributed by atoms with Crippen LogP contribution in [-0.4, -0.2) is 19.7 Å². The van der Waals surface area contributed by atoms with Crippen molar-refractivity contribution in [2.75, 3.05) is 5.73 Å². The summed E-state index contributed by atoms with van der Waals surface area (Å²) in [6.45, 7) is 4.53. The van der Waals surface area contributed by atoms with Gasteiger partial charge in [0.15, 0.2) is 5.82 Å². The van der Waals surface area contributed by atoms with Gasteiger partial charge in [-0.2, -0.15) is 5.10 Å². The Balaban J connectivity index is 2.28. The standard InChI is InChI=1S/C13H17N5O2/c1-3-12-15-13(4-2)17(16-12)8-9-5-6-11(18(19)20)10(14)7-9/h5-7H,3-4,8,14H2,1-2H3. The van der Waals surface area contributed by atoms with Crippen LogP contribution in [0.3, 0.4) is 0 Å². The molecule has 0 amide bonds. The number of hydrogen-bond donors (Lipinski definition) is 1. The Morgan fingerprint density at radius 3 is 2.65 bits per heavy atom. The molecule has 2 rings (SSSR count). The molecule has 1 aromatic carbocycles. The number of nitrogens with zero attached hydrogens (tertiary/aromatic N) is 4. The van der Waals surface area contributed by atoms with Crippen molar-refractivity contribution in [3.8, 4) is 0 Å². The molecule has 2 N–H and O–H groups in total. The number of anilines is 1. The van der Waals surface area contributed by atoms with Crippen molar-refractivity contribution >= 4 is 11.4 Å². The average molecular weight is 275 g/mol. The first kappa shape index (κ1) is 14.0. The van der Waals surface area contributed by atoms with Gasteiger partial charge in [-0.15, -0.1) is 0 Å². The van der Waals surface area contributed by atoms with Gasteiger partial charge in [0, 0.05) is 18.9 Å². The van der Waals surface area contributed by atoms with Crippen molar-refractivity contribution in [2.24, 2.45) is 0 Å². The summed E-state index contributed by atoms with van der Waals surface area (Å²) in [5, 5.41) is 15.1. The average Bonchev–Trinajstić information content (AvgIpc) is 2.80. The number of aromatic nitrogens is 3. The van der Waals surface area contributed by atoms with E-state index in [9.17, 15) is 10.1 Å². The lowest BCUT2D eigenvalue weighted by Gasteiger charge is -2.06. The second-order valence-corrected chi connectivity index (χ2v) is 4.46. The van der Waals surface area contributed by atoms with Crippen LogP contribution in [0.15, 0.2) is 18.2 Å².